The summed E-state index contributed by atoms with van der Waals surface area (Å²) in [6.07, 6.45) is 0.847. The van der Waals surface area contributed by atoms with E-state index in [1.54, 1.807) is 6.92 Å². The van der Waals surface area contributed by atoms with Crippen LogP contribution in [-0.4, -0.2) is 45.3 Å². The minimum absolute atomic E-state index is 0.122. The molecule has 0 rings (SSSR count). The zero-order valence-electron chi connectivity index (χ0n) is 8.76. The molecule has 0 spiro atoms. The lowest BCUT2D eigenvalue weighted by molar-refractivity contribution is 0.000873. The van der Waals surface area contributed by atoms with Gasteiger partial charge in [-0.3, -0.25) is 0 Å². The largest absolute Gasteiger partial charge is 0.396 e. The van der Waals surface area contributed by atoms with Crippen LogP contribution in [0.3, 0.4) is 0 Å². The van der Waals surface area contributed by atoms with Crippen molar-refractivity contribution >= 4 is 0 Å². The molecule has 0 aromatic heterocycles. The number of hydrogen-bond acceptors (Lipinski definition) is 4. The van der Waals surface area contributed by atoms with E-state index in [-0.39, 0.29) is 6.61 Å². The molecule has 4 N–H and O–H groups in total. The fraction of sp³-hybridized carbons (Fsp3) is 1.00. The van der Waals surface area contributed by atoms with Crippen molar-refractivity contribution in [3.05, 3.63) is 0 Å². The van der Waals surface area contributed by atoms with Gasteiger partial charge in [0.2, 0.25) is 0 Å². The van der Waals surface area contributed by atoms with Gasteiger partial charge in [-0.1, -0.05) is 0 Å². The molecular weight excluding hydrogens is 184 g/mol. The van der Waals surface area contributed by atoms with E-state index in [2.05, 4.69) is 0 Å². The summed E-state index contributed by atoms with van der Waals surface area (Å²) in [5, 5.41) is 36.4. The Morgan fingerprint density at radius 1 is 0.857 bits per heavy atom. The number of unbranched alkanes of at least 4 members (excludes halogenated alkanes) is 1. The molecule has 3 unspecified atom stereocenters. The Hall–Kier alpha value is -0.160. The van der Waals surface area contributed by atoms with Gasteiger partial charge in [-0.25, -0.2) is 0 Å². The highest BCUT2D eigenvalue weighted by atomic mass is 16.3. The molecule has 0 aliphatic carbocycles. The number of aliphatic hydroxyl groups excluding tert-OH is 4. The van der Waals surface area contributed by atoms with Gasteiger partial charge in [-0.05, 0) is 39.0 Å². The number of hydrogen-bond donors (Lipinski definition) is 4. The third-order valence-electron chi connectivity index (χ3n) is 2.23. The summed E-state index contributed by atoms with van der Waals surface area (Å²) in [6.45, 7) is 1.78. The molecule has 4 nitrogen and oxygen atoms in total. The Balaban J connectivity index is 3.49. The van der Waals surface area contributed by atoms with Crippen LogP contribution >= 0.6 is 0 Å². The smallest absolute Gasteiger partial charge is 0.0800 e. The van der Waals surface area contributed by atoms with Crippen LogP contribution in [0.25, 0.3) is 0 Å². The predicted octanol–water partition coefficient (Wildman–Crippen LogP) is 0.0318. The standard InChI is InChI=1S/C10H22O4/c1-8(12)5-6-10(14)9(13)4-2-3-7-11/h8-14H,2-7H2,1H3. The second-order valence-corrected chi connectivity index (χ2v) is 3.78. The first kappa shape index (κ1) is 13.8. The van der Waals surface area contributed by atoms with E-state index < -0.39 is 18.3 Å². The molecule has 0 heterocycles. The third-order valence-corrected chi connectivity index (χ3v) is 2.23. The molecule has 0 radical (unpaired) electrons. The Morgan fingerprint density at radius 2 is 1.43 bits per heavy atom. The van der Waals surface area contributed by atoms with Crippen LogP contribution in [0, 0.1) is 0 Å². The Bertz CT molecular complexity index is 127. The SMILES string of the molecule is CC(O)CCC(O)C(O)CCCCO. The lowest BCUT2D eigenvalue weighted by atomic mass is 10.0. The molecule has 0 aromatic rings. The van der Waals surface area contributed by atoms with Crippen molar-refractivity contribution in [1.82, 2.24) is 0 Å². The number of aliphatic hydroxyl groups is 4. The van der Waals surface area contributed by atoms with Crippen molar-refractivity contribution in [2.24, 2.45) is 0 Å². The molecule has 0 aromatic carbocycles. The molecule has 3 atom stereocenters. The molecule has 4 heteroatoms. The Morgan fingerprint density at radius 3 is 1.93 bits per heavy atom. The van der Waals surface area contributed by atoms with Crippen molar-refractivity contribution in [1.29, 1.82) is 0 Å². The lowest BCUT2D eigenvalue weighted by Crippen LogP contribution is -2.26. The molecule has 86 valence electrons. The van der Waals surface area contributed by atoms with Crippen LogP contribution in [0.1, 0.15) is 39.0 Å². The van der Waals surface area contributed by atoms with Gasteiger partial charge in [0.25, 0.3) is 0 Å². The van der Waals surface area contributed by atoms with Gasteiger partial charge < -0.3 is 20.4 Å². The zero-order chi connectivity index (χ0) is 11.0. The highest BCUT2D eigenvalue weighted by molar-refractivity contribution is 4.68. The fourth-order valence-corrected chi connectivity index (χ4v) is 1.26. The highest BCUT2D eigenvalue weighted by Gasteiger charge is 2.15. The summed E-state index contributed by atoms with van der Waals surface area (Å²) in [5.74, 6) is 0. The average molecular weight is 206 g/mol. The van der Waals surface area contributed by atoms with Crippen molar-refractivity contribution in [2.75, 3.05) is 6.61 Å². The minimum Gasteiger partial charge on any atom is -0.396 e. The molecule has 0 fully saturated rings. The summed E-state index contributed by atoms with van der Waals surface area (Å²) >= 11 is 0. The number of rotatable bonds is 8. The van der Waals surface area contributed by atoms with Crippen LogP contribution in [0.5, 0.6) is 0 Å². The maximum atomic E-state index is 9.44. The van der Waals surface area contributed by atoms with Crippen LogP contribution in [0.4, 0.5) is 0 Å². The van der Waals surface area contributed by atoms with Gasteiger partial charge in [0, 0.05) is 6.61 Å². The summed E-state index contributed by atoms with van der Waals surface area (Å²) in [7, 11) is 0. The second kappa shape index (κ2) is 8.17. The van der Waals surface area contributed by atoms with E-state index in [1.807, 2.05) is 0 Å². The first-order valence-corrected chi connectivity index (χ1v) is 5.23. The van der Waals surface area contributed by atoms with Crippen molar-refractivity contribution in [3.8, 4) is 0 Å². The van der Waals surface area contributed by atoms with Crippen molar-refractivity contribution in [3.63, 3.8) is 0 Å². The van der Waals surface area contributed by atoms with E-state index >= 15 is 0 Å². The van der Waals surface area contributed by atoms with E-state index in [0.717, 1.165) is 0 Å². The van der Waals surface area contributed by atoms with Crippen LogP contribution < -0.4 is 0 Å². The van der Waals surface area contributed by atoms with E-state index in [0.29, 0.717) is 32.1 Å². The van der Waals surface area contributed by atoms with Gasteiger partial charge in [0.05, 0.1) is 18.3 Å². The summed E-state index contributed by atoms with van der Waals surface area (Å²) in [6, 6.07) is 0. The van der Waals surface area contributed by atoms with Gasteiger partial charge in [0.1, 0.15) is 0 Å². The predicted molar refractivity (Wildman–Crippen MR) is 53.9 cm³/mol. The third kappa shape index (κ3) is 7.26. The van der Waals surface area contributed by atoms with Gasteiger partial charge in [-0.2, -0.15) is 0 Å². The van der Waals surface area contributed by atoms with Crippen molar-refractivity contribution in [2.45, 2.75) is 57.3 Å². The molecular formula is C10H22O4. The molecule has 0 amide bonds. The van der Waals surface area contributed by atoms with E-state index in [4.69, 9.17) is 10.2 Å². The second-order valence-electron chi connectivity index (χ2n) is 3.78. The average Bonchev–Trinajstić information content (AvgIpc) is 2.14. The first-order chi connectivity index (χ1) is 6.57. The van der Waals surface area contributed by atoms with Gasteiger partial charge in [0.15, 0.2) is 0 Å². The van der Waals surface area contributed by atoms with Crippen LogP contribution in [0.15, 0.2) is 0 Å². The maximum absolute atomic E-state index is 9.44. The van der Waals surface area contributed by atoms with E-state index in [1.165, 1.54) is 0 Å². The topological polar surface area (TPSA) is 80.9 Å². The Labute approximate surface area is 85.2 Å². The van der Waals surface area contributed by atoms with E-state index in [9.17, 15) is 10.2 Å². The molecule has 14 heavy (non-hydrogen) atoms. The van der Waals surface area contributed by atoms with Gasteiger partial charge in [-0.15, -0.1) is 0 Å². The quantitative estimate of drug-likeness (QED) is 0.422. The van der Waals surface area contributed by atoms with Crippen LogP contribution in [-0.2, 0) is 0 Å². The fourth-order valence-electron chi connectivity index (χ4n) is 1.26. The van der Waals surface area contributed by atoms with Crippen LogP contribution in [0.2, 0.25) is 0 Å². The summed E-state index contributed by atoms with van der Waals surface area (Å²) in [5.41, 5.74) is 0. The summed E-state index contributed by atoms with van der Waals surface area (Å²) in [4.78, 5) is 0. The Kier molecular flexibility index (Phi) is 8.08. The normalized spacial score (nSPS) is 17.8. The monoisotopic (exact) mass is 206 g/mol. The molecule has 0 saturated carbocycles. The van der Waals surface area contributed by atoms with Crippen molar-refractivity contribution < 1.29 is 20.4 Å². The zero-order valence-corrected chi connectivity index (χ0v) is 8.76. The minimum atomic E-state index is -0.761. The summed E-state index contributed by atoms with van der Waals surface area (Å²) < 4.78 is 0. The molecule has 0 saturated heterocycles. The highest BCUT2D eigenvalue weighted by Crippen LogP contribution is 2.10. The molecule has 0 bridgehead atoms. The maximum Gasteiger partial charge on any atom is 0.0800 e. The first-order valence-electron chi connectivity index (χ1n) is 5.23. The molecule has 0 aliphatic rings. The van der Waals surface area contributed by atoms with Gasteiger partial charge >= 0.3 is 0 Å². The lowest BCUT2D eigenvalue weighted by Gasteiger charge is -2.18. The molecule has 0 aliphatic heterocycles.